The van der Waals surface area contributed by atoms with E-state index in [4.69, 9.17) is 10.9 Å². The van der Waals surface area contributed by atoms with Gasteiger partial charge < -0.3 is 10.9 Å². The van der Waals surface area contributed by atoms with Crippen LogP contribution in [0, 0.1) is 0 Å². The van der Waals surface area contributed by atoms with E-state index in [1.165, 1.54) is 4.68 Å². The Bertz CT molecular complexity index is 810. The highest BCUT2D eigenvalue weighted by molar-refractivity contribution is 7.99. The van der Waals surface area contributed by atoms with Gasteiger partial charge in [-0.25, -0.2) is 4.68 Å². The van der Waals surface area contributed by atoms with Gasteiger partial charge in [-0.05, 0) is 10.8 Å². The van der Waals surface area contributed by atoms with E-state index in [9.17, 15) is 4.79 Å². The number of carboxylic acid groups (broad SMARTS) is 1. The molecule has 1 aromatic heterocycles. The van der Waals surface area contributed by atoms with Crippen molar-refractivity contribution in [2.75, 3.05) is 11.6 Å². The SMILES string of the molecule is Nn1c(SCC(=O)O)nnc1-c1cccc2ccccc12. The summed E-state index contributed by atoms with van der Waals surface area (Å²) in [7, 11) is 0. The summed E-state index contributed by atoms with van der Waals surface area (Å²) in [5.41, 5.74) is 0.866. The second-order valence-electron chi connectivity index (χ2n) is 4.39. The zero-order valence-electron chi connectivity index (χ0n) is 10.9. The quantitative estimate of drug-likeness (QED) is 0.565. The fourth-order valence-electron chi connectivity index (χ4n) is 2.11. The Hall–Kier alpha value is -2.54. The number of carbonyl (C=O) groups is 1. The highest BCUT2D eigenvalue weighted by Crippen LogP contribution is 2.28. The van der Waals surface area contributed by atoms with Crippen molar-refractivity contribution < 1.29 is 9.90 Å². The average molecular weight is 300 g/mol. The molecule has 106 valence electrons. The molecule has 0 bridgehead atoms. The van der Waals surface area contributed by atoms with Gasteiger partial charge in [0.1, 0.15) is 0 Å². The van der Waals surface area contributed by atoms with Crippen LogP contribution in [0.4, 0.5) is 0 Å². The van der Waals surface area contributed by atoms with Crippen molar-refractivity contribution in [3.8, 4) is 11.4 Å². The number of carboxylic acids is 1. The van der Waals surface area contributed by atoms with Crippen LogP contribution in [0.25, 0.3) is 22.2 Å². The molecule has 2 aromatic carbocycles. The number of nitrogens with zero attached hydrogens (tertiary/aromatic N) is 3. The molecule has 0 saturated carbocycles. The van der Waals surface area contributed by atoms with Gasteiger partial charge in [-0.15, -0.1) is 10.2 Å². The van der Waals surface area contributed by atoms with Crippen molar-refractivity contribution in [1.82, 2.24) is 14.9 Å². The van der Waals surface area contributed by atoms with Crippen LogP contribution in [0.15, 0.2) is 47.6 Å². The summed E-state index contributed by atoms with van der Waals surface area (Å²) in [5, 5.41) is 19.2. The maximum Gasteiger partial charge on any atom is 0.313 e. The minimum absolute atomic E-state index is 0.106. The third-order valence-corrected chi connectivity index (χ3v) is 3.95. The van der Waals surface area contributed by atoms with Crippen molar-refractivity contribution in [1.29, 1.82) is 0 Å². The third-order valence-electron chi connectivity index (χ3n) is 3.02. The predicted molar refractivity (Wildman–Crippen MR) is 81.5 cm³/mol. The summed E-state index contributed by atoms with van der Waals surface area (Å²) >= 11 is 1.04. The van der Waals surface area contributed by atoms with Crippen LogP contribution in [-0.4, -0.2) is 31.7 Å². The van der Waals surface area contributed by atoms with Gasteiger partial charge in [0.2, 0.25) is 5.16 Å². The number of nitrogen functional groups attached to an aromatic ring is 1. The molecule has 0 radical (unpaired) electrons. The molecular weight excluding hydrogens is 288 g/mol. The van der Waals surface area contributed by atoms with Gasteiger partial charge in [-0.2, -0.15) is 0 Å². The fourth-order valence-corrected chi connectivity index (χ4v) is 2.68. The van der Waals surface area contributed by atoms with Crippen LogP contribution in [0.3, 0.4) is 0 Å². The highest BCUT2D eigenvalue weighted by atomic mass is 32.2. The van der Waals surface area contributed by atoms with Crippen LogP contribution in [0.2, 0.25) is 0 Å². The maximum atomic E-state index is 10.6. The molecule has 3 rings (SSSR count). The number of hydrogen-bond acceptors (Lipinski definition) is 5. The zero-order valence-corrected chi connectivity index (χ0v) is 11.7. The molecule has 0 fully saturated rings. The Morgan fingerprint density at radius 2 is 1.95 bits per heavy atom. The van der Waals surface area contributed by atoms with Gasteiger partial charge in [0.05, 0.1) is 5.75 Å². The molecule has 3 N–H and O–H groups in total. The fraction of sp³-hybridized carbons (Fsp3) is 0.0714. The van der Waals surface area contributed by atoms with Gasteiger partial charge in [-0.1, -0.05) is 54.2 Å². The van der Waals surface area contributed by atoms with E-state index in [1.54, 1.807) is 0 Å². The second-order valence-corrected chi connectivity index (χ2v) is 5.33. The number of aromatic nitrogens is 3. The summed E-state index contributed by atoms with van der Waals surface area (Å²) < 4.78 is 1.33. The minimum atomic E-state index is -0.922. The Balaban J connectivity index is 2.05. The van der Waals surface area contributed by atoms with E-state index in [0.29, 0.717) is 11.0 Å². The summed E-state index contributed by atoms with van der Waals surface area (Å²) in [6.45, 7) is 0. The molecule has 21 heavy (non-hydrogen) atoms. The second kappa shape index (κ2) is 5.45. The van der Waals surface area contributed by atoms with Gasteiger partial charge in [0.25, 0.3) is 0 Å². The van der Waals surface area contributed by atoms with E-state index in [1.807, 2.05) is 42.5 Å². The lowest BCUT2D eigenvalue weighted by molar-refractivity contribution is -0.133. The van der Waals surface area contributed by atoms with E-state index in [0.717, 1.165) is 28.1 Å². The Labute approximate surface area is 124 Å². The third kappa shape index (κ3) is 2.55. The van der Waals surface area contributed by atoms with Gasteiger partial charge >= 0.3 is 5.97 Å². The minimum Gasteiger partial charge on any atom is -0.481 e. The lowest BCUT2D eigenvalue weighted by Gasteiger charge is -2.06. The highest BCUT2D eigenvalue weighted by Gasteiger charge is 2.15. The standard InChI is InChI=1S/C14H12N4O2S/c15-18-13(16-17-14(18)21-8-12(19)20)11-7-3-5-9-4-1-2-6-10(9)11/h1-7H,8,15H2,(H,19,20). The average Bonchev–Trinajstić information content (AvgIpc) is 2.85. The number of aliphatic carboxylic acids is 1. The molecule has 0 amide bonds. The van der Waals surface area contributed by atoms with Crippen LogP contribution >= 0.6 is 11.8 Å². The molecule has 0 aliphatic heterocycles. The lowest BCUT2D eigenvalue weighted by atomic mass is 10.0. The summed E-state index contributed by atoms with van der Waals surface area (Å²) in [4.78, 5) is 10.6. The topological polar surface area (TPSA) is 94.0 Å². The first-order valence-corrected chi connectivity index (χ1v) is 7.18. The Morgan fingerprint density at radius 1 is 1.19 bits per heavy atom. The number of nitrogens with two attached hydrogens (primary N) is 1. The largest absolute Gasteiger partial charge is 0.481 e. The number of fused-ring (bicyclic) bond motifs is 1. The van der Waals surface area contributed by atoms with E-state index >= 15 is 0 Å². The van der Waals surface area contributed by atoms with Crippen molar-refractivity contribution in [3.05, 3.63) is 42.5 Å². The van der Waals surface area contributed by atoms with Gasteiger partial charge in [0.15, 0.2) is 5.82 Å². The van der Waals surface area contributed by atoms with Gasteiger partial charge in [0, 0.05) is 5.56 Å². The van der Waals surface area contributed by atoms with Crippen molar-refractivity contribution in [2.45, 2.75) is 5.16 Å². The zero-order chi connectivity index (χ0) is 14.8. The predicted octanol–water partition coefficient (Wildman–Crippen LogP) is 1.99. The molecule has 0 aliphatic rings. The normalized spacial score (nSPS) is 10.9. The number of thioether (sulfide) groups is 1. The Morgan fingerprint density at radius 3 is 2.76 bits per heavy atom. The first kappa shape index (κ1) is 13.4. The van der Waals surface area contributed by atoms with Crippen LogP contribution in [0.1, 0.15) is 0 Å². The summed E-state index contributed by atoms with van der Waals surface area (Å²) in [5.74, 6) is 5.48. The molecule has 0 saturated heterocycles. The van der Waals surface area contributed by atoms with Crippen LogP contribution < -0.4 is 5.84 Å². The molecule has 0 unspecified atom stereocenters. The maximum absolute atomic E-state index is 10.6. The molecule has 0 spiro atoms. The van der Waals surface area contributed by atoms with Crippen LogP contribution in [0.5, 0.6) is 0 Å². The van der Waals surface area contributed by atoms with Crippen molar-refractivity contribution in [2.24, 2.45) is 0 Å². The lowest BCUT2D eigenvalue weighted by Crippen LogP contribution is -2.12. The summed E-state index contributed by atoms with van der Waals surface area (Å²) in [6.07, 6.45) is 0. The van der Waals surface area contributed by atoms with Crippen molar-refractivity contribution in [3.63, 3.8) is 0 Å². The number of rotatable bonds is 4. The molecule has 0 atom stereocenters. The molecule has 1 heterocycles. The molecule has 7 heteroatoms. The first-order valence-electron chi connectivity index (χ1n) is 6.20. The first-order chi connectivity index (χ1) is 10.2. The van der Waals surface area contributed by atoms with Gasteiger partial charge in [-0.3, -0.25) is 4.79 Å². The molecule has 3 aromatic rings. The monoisotopic (exact) mass is 300 g/mol. The van der Waals surface area contributed by atoms with E-state index < -0.39 is 5.97 Å². The Kier molecular flexibility index (Phi) is 3.49. The van der Waals surface area contributed by atoms with E-state index in [-0.39, 0.29) is 5.75 Å². The smallest absolute Gasteiger partial charge is 0.313 e. The van der Waals surface area contributed by atoms with Crippen LogP contribution in [-0.2, 0) is 4.79 Å². The molecule has 0 aliphatic carbocycles. The van der Waals surface area contributed by atoms with E-state index in [2.05, 4.69) is 10.2 Å². The molecular formula is C14H12N4O2S. The summed E-state index contributed by atoms with van der Waals surface area (Å²) in [6, 6.07) is 13.8. The van der Waals surface area contributed by atoms with Crippen molar-refractivity contribution >= 4 is 28.5 Å². The molecule has 6 nitrogen and oxygen atoms in total. The number of hydrogen-bond donors (Lipinski definition) is 2. The number of benzene rings is 2.